The predicted octanol–water partition coefficient (Wildman–Crippen LogP) is 1.42. The zero-order valence-electron chi connectivity index (χ0n) is 8.29. The van der Waals surface area contributed by atoms with Crippen molar-refractivity contribution in [2.45, 2.75) is 25.9 Å². The van der Waals surface area contributed by atoms with Gasteiger partial charge in [-0.2, -0.15) is 0 Å². The Hall–Kier alpha value is -0.570. The lowest BCUT2D eigenvalue weighted by Crippen LogP contribution is -2.38. The van der Waals surface area contributed by atoms with E-state index < -0.39 is 0 Å². The Morgan fingerprint density at radius 2 is 2.29 bits per heavy atom. The van der Waals surface area contributed by atoms with Crippen molar-refractivity contribution in [2.24, 2.45) is 0 Å². The standard InChI is InChI=1S/C11H15NO.ClH/c1-8-3-2-4-9-6-12-10(7-13)5-11(8)9;/h2-4,10,12-13H,5-7H2,1H3;1H. The van der Waals surface area contributed by atoms with E-state index in [-0.39, 0.29) is 25.1 Å². The van der Waals surface area contributed by atoms with Gasteiger partial charge in [0.05, 0.1) is 6.61 Å². The van der Waals surface area contributed by atoms with Gasteiger partial charge < -0.3 is 10.4 Å². The Morgan fingerprint density at radius 3 is 3.00 bits per heavy atom. The van der Waals surface area contributed by atoms with Crippen molar-refractivity contribution < 1.29 is 5.11 Å². The van der Waals surface area contributed by atoms with Gasteiger partial charge in [0, 0.05) is 12.6 Å². The van der Waals surface area contributed by atoms with Crippen molar-refractivity contribution in [3.05, 3.63) is 34.9 Å². The first kappa shape index (κ1) is 11.5. The largest absolute Gasteiger partial charge is 0.395 e. The molecule has 3 heteroatoms. The van der Waals surface area contributed by atoms with Crippen LogP contribution in [0.3, 0.4) is 0 Å². The summed E-state index contributed by atoms with van der Waals surface area (Å²) in [7, 11) is 0. The maximum Gasteiger partial charge on any atom is 0.0587 e. The number of aryl methyl sites for hydroxylation is 1. The molecule has 2 rings (SSSR count). The molecule has 78 valence electrons. The fourth-order valence-electron chi connectivity index (χ4n) is 1.92. The van der Waals surface area contributed by atoms with Crippen molar-refractivity contribution in [2.75, 3.05) is 6.61 Å². The lowest BCUT2D eigenvalue weighted by atomic mass is 9.92. The molecule has 0 spiro atoms. The molecule has 1 unspecified atom stereocenters. The summed E-state index contributed by atoms with van der Waals surface area (Å²) < 4.78 is 0. The smallest absolute Gasteiger partial charge is 0.0587 e. The van der Waals surface area contributed by atoms with Crippen LogP contribution in [0.2, 0.25) is 0 Å². The molecular weight excluding hydrogens is 198 g/mol. The van der Waals surface area contributed by atoms with Crippen molar-refractivity contribution in [1.29, 1.82) is 0 Å². The molecule has 1 atom stereocenters. The molecule has 1 aliphatic heterocycles. The molecule has 1 heterocycles. The van der Waals surface area contributed by atoms with Crippen molar-refractivity contribution in [1.82, 2.24) is 5.32 Å². The van der Waals surface area contributed by atoms with Crippen LogP contribution in [0.25, 0.3) is 0 Å². The topological polar surface area (TPSA) is 32.3 Å². The zero-order chi connectivity index (χ0) is 9.26. The first-order chi connectivity index (χ1) is 6.31. The molecule has 0 fully saturated rings. The minimum absolute atomic E-state index is 0. The van der Waals surface area contributed by atoms with Gasteiger partial charge in [-0.25, -0.2) is 0 Å². The van der Waals surface area contributed by atoms with Crippen LogP contribution in [-0.4, -0.2) is 17.8 Å². The number of benzene rings is 1. The number of rotatable bonds is 1. The predicted molar refractivity (Wildman–Crippen MR) is 59.8 cm³/mol. The molecule has 0 amide bonds. The van der Waals surface area contributed by atoms with Crippen LogP contribution >= 0.6 is 12.4 Å². The quantitative estimate of drug-likeness (QED) is 0.740. The van der Waals surface area contributed by atoms with E-state index in [1.807, 2.05) is 0 Å². The maximum absolute atomic E-state index is 9.04. The summed E-state index contributed by atoms with van der Waals surface area (Å²) in [6, 6.07) is 6.63. The van der Waals surface area contributed by atoms with Crippen LogP contribution in [0.4, 0.5) is 0 Å². The van der Waals surface area contributed by atoms with Crippen LogP contribution in [-0.2, 0) is 13.0 Å². The molecule has 0 aromatic heterocycles. The van der Waals surface area contributed by atoms with E-state index in [0.29, 0.717) is 0 Å². The van der Waals surface area contributed by atoms with E-state index >= 15 is 0 Å². The Morgan fingerprint density at radius 1 is 1.50 bits per heavy atom. The number of aliphatic hydroxyl groups excluding tert-OH is 1. The van der Waals surface area contributed by atoms with Gasteiger partial charge in [-0.3, -0.25) is 0 Å². The fourth-order valence-corrected chi connectivity index (χ4v) is 1.92. The summed E-state index contributed by atoms with van der Waals surface area (Å²) in [6.07, 6.45) is 0.957. The van der Waals surface area contributed by atoms with Gasteiger partial charge in [0.1, 0.15) is 0 Å². The Kier molecular flexibility index (Phi) is 3.93. The number of aliphatic hydroxyl groups is 1. The summed E-state index contributed by atoms with van der Waals surface area (Å²) in [5, 5.41) is 12.3. The van der Waals surface area contributed by atoms with E-state index in [0.717, 1.165) is 13.0 Å². The first-order valence-electron chi connectivity index (χ1n) is 4.73. The van der Waals surface area contributed by atoms with Crippen LogP contribution in [0.1, 0.15) is 16.7 Å². The molecule has 0 saturated heterocycles. The minimum atomic E-state index is 0. The Labute approximate surface area is 90.7 Å². The van der Waals surface area contributed by atoms with Gasteiger partial charge in [-0.1, -0.05) is 18.2 Å². The van der Waals surface area contributed by atoms with Crippen LogP contribution in [0.15, 0.2) is 18.2 Å². The number of fused-ring (bicyclic) bond motifs is 1. The van der Waals surface area contributed by atoms with E-state index in [2.05, 4.69) is 30.4 Å². The molecule has 1 aliphatic rings. The van der Waals surface area contributed by atoms with E-state index in [9.17, 15) is 0 Å². The number of nitrogens with one attached hydrogen (secondary N) is 1. The van der Waals surface area contributed by atoms with E-state index in [1.54, 1.807) is 0 Å². The average Bonchev–Trinajstić information content (AvgIpc) is 2.18. The van der Waals surface area contributed by atoms with Crippen LogP contribution in [0, 0.1) is 6.92 Å². The molecule has 0 radical (unpaired) electrons. The summed E-state index contributed by atoms with van der Waals surface area (Å²) in [4.78, 5) is 0. The van der Waals surface area contributed by atoms with E-state index in [1.165, 1.54) is 16.7 Å². The highest BCUT2D eigenvalue weighted by Gasteiger charge is 2.17. The first-order valence-corrected chi connectivity index (χ1v) is 4.73. The summed E-state index contributed by atoms with van der Waals surface area (Å²) in [5.41, 5.74) is 4.14. The second-order valence-corrected chi connectivity index (χ2v) is 3.68. The molecular formula is C11H16ClNO. The highest BCUT2D eigenvalue weighted by Crippen LogP contribution is 2.19. The van der Waals surface area contributed by atoms with Crippen LogP contribution in [0.5, 0.6) is 0 Å². The normalized spacial score (nSPS) is 19.7. The van der Waals surface area contributed by atoms with Crippen molar-refractivity contribution in [3.8, 4) is 0 Å². The van der Waals surface area contributed by atoms with Gasteiger partial charge in [0.15, 0.2) is 0 Å². The molecule has 0 saturated carbocycles. The summed E-state index contributed by atoms with van der Waals surface area (Å²) >= 11 is 0. The highest BCUT2D eigenvalue weighted by molar-refractivity contribution is 5.85. The second-order valence-electron chi connectivity index (χ2n) is 3.68. The summed E-state index contributed by atoms with van der Waals surface area (Å²) in [5.74, 6) is 0. The second kappa shape index (κ2) is 4.78. The van der Waals surface area contributed by atoms with Gasteiger partial charge in [0.25, 0.3) is 0 Å². The lowest BCUT2D eigenvalue weighted by Gasteiger charge is -2.25. The van der Waals surface area contributed by atoms with Crippen molar-refractivity contribution in [3.63, 3.8) is 0 Å². The van der Waals surface area contributed by atoms with Gasteiger partial charge >= 0.3 is 0 Å². The zero-order valence-corrected chi connectivity index (χ0v) is 9.10. The molecule has 0 aliphatic carbocycles. The molecule has 1 aromatic rings. The molecule has 14 heavy (non-hydrogen) atoms. The average molecular weight is 214 g/mol. The summed E-state index contributed by atoms with van der Waals surface area (Å²) in [6.45, 7) is 3.26. The number of hydrogen-bond donors (Lipinski definition) is 2. The maximum atomic E-state index is 9.04. The van der Waals surface area contributed by atoms with Gasteiger partial charge in [0.2, 0.25) is 0 Å². The Bertz CT molecular complexity index is 314. The van der Waals surface area contributed by atoms with Gasteiger partial charge in [-0.05, 0) is 30.0 Å². The Balaban J connectivity index is 0.000000980. The molecule has 0 bridgehead atoms. The molecule has 2 N–H and O–H groups in total. The minimum Gasteiger partial charge on any atom is -0.395 e. The number of hydrogen-bond acceptors (Lipinski definition) is 2. The SMILES string of the molecule is Cc1cccc2c1CC(CO)NC2.Cl. The fraction of sp³-hybridized carbons (Fsp3) is 0.455. The van der Waals surface area contributed by atoms with Crippen molar-refractivity contribution >= 4 is 12.4 Å². The van der Waals surface area contributed by atoms with E-state index in [4.69, 9.17) is 5.11 Å². The van der Waals surface area contributed by atoms with Crippen LogP contribution < -0.4 is 5.32 Å². The molecule has 1 aromatic carbocycles. The third kappa shape index (κ3) is 2.08. The number of halogens is 1. The monoisotopic (exact) mass is 213 g/mol. The third-order valence-electron chi connectivity index (χ3n) is 2.76. The lowest BCUT2D eigenvalue weighted by molar-refractivity contribution is 0.235. The third-order valence-corrected chi connectivity index (χ3v) is 2.76. The molecule has 2 nitrogen and oxygen atoms in total. The highest BCUT2D eigenvalue weighted by atomic mass is 35.5. The van der Waals surface area contributed by atoms with Gasteiger partial charge in [-0.15, -0.1) is 12.4 Å².